The van der Waals surface area contributed by atoms with E-state index in [0.717, 1.165) is 11.1 Å². The fraction of sp³-hybridized carbons (Fsp3) is 0.211. The second-order valence-electron chi connectivity index (χ2n) is 5.73. The number of amides is 3. The van der Waals surface area contributed by atoms with Gasteiger partial charge in [-0.3, -0.25) is 25.2 Å². The van der Waals surface area contributed by atoms with Crippen LogP contribution in [0, 0.1) is 13.8 Å². The third-order valence-electron chi connectivity index (χ3n) is 3.64. The van der Waals surface area contributed by atoms with Crippen LogP contribution in [0.1, 0.15) is 29.7 Å². The molecular weight excluding hydrogens is 334 g/mol. The zero-order valence-electron chi connectivity index (χ0n) is 14.7. The Kier molecular flexibility index (Phi) is 6.73. The number of carbonyl (C=O) groups excluding carboxylic acids is 3. The van der Waals surface area contributed by atoms with Crippen molar-refractivity contribution in [3.8, 4) is 0 Å². The predicted molar refractivity (Wildman–Crippen MR) is 97.8 cm³/mol. The number of carbonyl (C=O) groups is 3. The summed E-state index contributed by atoms with van der Waals surface area (Å²) in [6, 6.07) is 8.99. The standard InChI is InChI=1S/C19H21N3O4/c1-13-5-6-15(12-14(13)2)20-17(23)9-10-19(25)22-21-18(24)8-7-16-4-3-11-26-16/h3-8,11-12H,9-10H2,1-2H3,(H,20,23)(H,21,24)(H,22,25). The van der Waals surface area contributed by atoms with E-state index in [1.165, 1.54) is 18.4 Å². The highest BCUT2D eigenvalue weighted by atomic mass is 16.3. The van der Waals surface area contributed by atoms with Crippen LogP contribution in [0.15, 0.2) is 47.1 Å². The number of benzene rings is 1. The van der Waals surface area contributed by atoms with Gasteiger partial charge in [-0.2, -0.15) is 0 Å². The first-order valence-corrected chi connectivity index (χ1v) is 8.11. The number of anilines is 1. The van der Waals surface area contributed by atoms with Crippen LogP contribution in [0.4, 0.5) is 5.69 Å². The largest absolute Gasteiger partial charge is 0.465 e. The van der Waals surface area contributed by atoms with Gasteiger partial charge in [-0.15, -0.1) is 0 Å². The maximum absolute atomic E-state index is 11.9. The number of hydrazine groups is 1. The molecule has 1 aromatic carbocycles. The molecule has 3 amide bonds. The first kappa shape index (κ1) is 19.0. The number of aryl methyl sites for hydroxylation is 2. The van der Waals surface area contributed by atoms with Gasteiger partial charge in [-0.1, -0.05) is 6.07 Å². The summed E-state index contributed by atoms with van der Waals surface area (Å²) in [4.78, 5) is 35.1. The summed E-state index contributed by atoms with van der Waals surface area (Å²) in [6.07, 6.45) is 4.15. The highest BCUT2D eigenvalue weighted by Gasteiger charge is 2.08. The summed E-state index contributed by atoms with van der Waals surface area (Å²) in [5.74, 6) is -0.712. The van der Waals surface area contributed by atoms with Gasteiger partial charge in [0, 0.05) is 24.6 Å². The minimum atomic E-state index is -0.505. The van der Waals surface area contributed by atoms with Gasteiger partial charge in [0.25, 0.3) is 5.91 Å². The molecule has 1 aromatic heterocycles. The van der Waals surface area contributed by atoms with Gasteiger partial charge < -0.3 is 9.73 Å². The Morgan fingerprint density at radius 2 is 1.77 bits per heavy atom. The first-order chi connectivity index (χ1) is 12.4. The van der Waals surface area contributed by atoms with Crippen molar-refractivity contribution in [2.24, 2.45) is 0 Å². The molecule has 0 aliphatic heterocycles. The molecule has 3 N–H and O–H groups in total. The molecular formula is C19H21N3O4. The van der Waals surface area contributed by atoms with Crippen molar-refractivity contribution in [3.63, 3.8) is 0 Å². The second kappa shape index (κ2) is 9.22. The van der Waals surface area contributed by atoms with Gasteiger partial charge in [0.2, 0.25) is 11.8 Å². The zero-order chi connectivity index (χ0) is 18.9. The Bertz CT molecular complexity index is 810. The van der Waals surface area contributed by atoms with Crippen molar-refractivity contribution in [2.75, 3.05) is 5.32 Å². The van der Waals surface area contributed by atoms with Crippen LogP contribution in [0.2, 0.25) is 0 Å². The molecule has 0 spiro atoms. The number of nitrogens with one attached hydrogen (secondary N) is 3. The molecule has 0 aliphatic rings. The molecule has 0 aliphatic carbocycles. The monoisotopic (exact) mass is 355 g/mol. The van der Waals surface area contributed by atoms with Crippen LogP contribution in [0.25, 0.3) is 6.08 Å². The molecule has 2 rings (SSSR count). The van der Waals surface area contributed by atoms with Gasteiger partial charge in [0.1, 0.15) is 5.76 Å². The molecule has 0 unspecified atom stereocenters. The summed E-state index contributed by atoms with van der Waals surface area (Å²) in [5, 5.41) is 2.74. The third-order valence-corrected chi connectivity index (χ3v) is 3.64. The molecule has 1 heterocycles. The molecule has 136 valence electrons. The Hall–Kier alpha value is -3.35. The highest BCUT2D eigenvalue weighted by Crippen LogP contribution is 2.14. The van der Waals surface area contributed by atoms with Crippen molar-refractivity contribution < 1.29 is 18.8 Å². The third kappa shape index (κ3) is 6.27. The maximum atomic E-state index is 11.9. The van der Waals surface area contributed by atoms with Crippen LogP contribution < -0.4 is 16.2 Å². The lowest BCUT2D eigenvalue weighted by Gasteiger charge is -2.08. The topological polar surface area (TPSA) is 100 Å². The van der Waals surface area contributed by atoms with Crippen LogP contribution in [0.5, 0.6) is 0 Å². The van der Waals surface area contributed by atoms with E-state index < -0.39 is 11.8 Å². The van der Waals surface area contributed by atoms with E-state index in [1.54, 1.807) is 12.1 Å². The highest BCUT2D eigenvalue weighted by molar-refractivity contribution is 5.95. The first-order valence-electron chi connectivity index (χ1n) is 8.11. The fourth-order valence-electron chi connectivity index (χ4n) is 2.05. The summed E-state index contributed by atoms with van der Waals surface area (Å²) in [6.45, 7) is 3.95. The Labute approximate surface area is 151 Å². The van der Waals surface area contributed by atoms with Crippen molar-refractivity contribution in [1.82, 2.24) is 10.9 Å². The Balaban J connectivity index is 1.68. The van der Waals surface area contributed by atoms with Crippen molar-refractivity contribution in [1.29, 1.82) is 0 Å². The molecule has 0 bridgehead atoms. The molecule has 0 saturated carbocycles. The number of hydrogen-bond acceptors (Lipinski definition) is 4. The quantitative estimate of drug-likeness (QED) is 0.547. The lowest BCUT2D eigenvalue weighted by atomic mass is 10.1. The predicted octanol–water partition coefficient (Wildman–Crippen LogP) is 2.48. The average molecular weight is 355 g/mol. The fourth-order valence-corrected chi connectivity index (χ4v) is 2.05. The van der Waals surface area contributed by atoms with E-state index in [9.17, 15) is 14.4 Å². The number of furan rings is 1. The minimum Gasteiger partial charge on any atom is -0.465 e. The van der Waals surface area contributed by atoms with Gasteiger partial charge in [-0.05, 0) is 55.3 Å². The molecule has 0 saturated heterocycles. The minimum absolute atomic E-state index is 0.0108. The van der Waals surface area contributed by atoms with Gasteiger partial charge in [-0.25, -0.2) is 0 Å². The normalized spacial score (nSPS) is 10.5. The lowest BCUT2D eigenvalue weighted by molar-refractivity contribution is -0.128. The smallest absolute Gasteiger partial charge is 0.262 e. The van der Waals surface area contributed by atoms with E-state index in [0.29, 0.717) is 11.4 Å². The average Bonchev–Trinajstić information content (AvgIpc) is 3.13. The Morgan fingerprint density at radius 1 is 1.00 bits per heavy atom. The molecule has 7 nitrogen and oxygen atoms in total. The van der Waals surface area contributed by atoms with E-state index in [1.807, 2.05) is 32.0 Å². The van der Waals surface area contributed by atoms with E-state index in [2.05, 4.69) is 16.2 Å². The summed E-state index contributed by atoms with van der Waals surface area (Å²) < 4.78 is 5.04. The maximum Gasteiger partial charge on any atom is 0.262 e. The number of rotatable bonds is 6. The number of hydrogen-bond donors (Lipinski definition) is 3. The lowest BCUT2D eigenvalue weighted by Crippen LogP contribution is -2.40. The van der Waals surface area contributed by atoms with Gasteiger partial charge >= 0.3 is 0 Å². The summed E-state index contributed by atoms with van der Waals surface area (Å²) in [7, 11) is 0. The van der Waals surface area contributed by atoms with Crippen molar-refractivity contribution in [3.05, 3.63) is 59.6 Å². The van der Waals surface area contributed by atoms with E-state index in [4.69, 9.17) is 4.42 Å². The molecule has 0 atom stereocenters. The summed E-state index contributed by atoms with van der Waals surface area (Å²) in [5.41, 5.74) is 7.38. The molecule has 2 aromatic rings. The van der Waals surface area contributed by atoms with Gasteiger partial charge in [0.15, 0.2) is 0 Å². The van der Waals surface area contributed by atoms with E-state index in [-0.39, 0.29) is 18.7 Å². The van der Waals surface area contributed by atoms with E-state index >= 15 is 0 Å². The zero-order valence-corrected chi connectivity index (χ0v) is 14.7. The molecule has 7 heteroatoms. The van der Waals surface area contributed by atoms with Crippen molar-refractivity contribution in [2.45, 2.75) is 26.7 Å². The molecule has 26 heavy (non-hydrogen) atoms. The molecule has 0 radical (unpaired) electrons. The van der Waals surface area contributed by atoms with Crippen molar-refractivity contribution >= 4 is 29.5 Å². The van der Waals surface area contributed by atoms with Crippen LogP contribution in [0.3, 0.4) is 0 Å². The van der Waals surface area contributed by atoms with Crippen LogP contribution >= 0.6 is 0 Å². The van der Waals surface area contributed by atoms with Crippen LogP contribution in [-0.2, 0) is 14.4 Å². The Morgan fingerprint density at radius 3 is 2.46 bits per heavy atom. The summed E-state index contributed by atoms with van der Waals surface area (Å²) >= 11 is 0. The second-order valence-corrected chi connectivity index (χ2v) is 5.73. The SMILES string of the molecule is Cc1ccc(NC(=O)CCC(=O)NNC(=O)C=Cc2ccco2)cc1C. The van der Waals surface area contributed by atoms with Gasteiger partial charge in [0.05, 0.1) is 6.26 Å². The van der Waals surface area contributed by atoms with Crippen LogP contribution in [-0.4, -0.2) is 17.7 Å². The molecule has 0 fully saturated rings.